The van der Waals surface area contributed by atoms with Crippen molar-refractivity contribution in [2.24, 2.45) is 0 Å². The summed E-state index contributed by atoms with van der Waals surface area (Å²) in [7, 11) is 0. The zero-order chi connectivity index (χ0) is 22.5. The number of benzene rings is 2. The second-order valence-corrected chi connectivity index (χ2v) is 8.23. The van der Waals surface area contributed by atoms with E-state index in [-0.39, 0.29) is 23.5 Å². The Kier molecular flexibility index (Phi) is 6.65. The van der Waals surface area contributed by atoms with Crippen molar-refractivity contribution in [3.8, 4) is 0 Å². The summed E-state index contributed by atoms with van der Waals surface area (Å²) in [4.78, 5) is 39.7. The molecule has 0 unspecified atom stereocenters. The fraction of sp³-hybridized carbons (Fsp3) is 0.391. The van der Waals surface area contributed by atoms with Crippen LogP contribution in [0.3, 0.4) is 0 Å². The van der Waals surface area contributed by atoms with Gasteiger partial charge in [0.05, 0.1) is 11.5 Å². The monoisotopic (exact) mass is 437 g/mol. The smallest absolute Gasteiger partial charge is 0.293 e. The third-order valence-electron chi connectivity index (χ3n) is 5.76. The van der Waals surface area contributed by atoms with Crippen molar-refractivity contribution in [2.75, 3.05) is 37.6 Å². The van der Waals surface area contributed by atoms with E-state index < -0.39 is 4.92 Å². The van der Waals surface area contributed by atoms with Crippen LogP contribution >= 0.6 is 0 Å². The van der Waals surface area contributed by atoms with Crippen LogP contribution in [0.5, 0.6) is 0 Å². The first-order valence-electron chi connectivity index (χ1n) is 10.9. The fourth-order valence-corrected chi connectivity index (χ4v) is 3.78. The van der Waals surface area contributed by atoms with Gasteiger partial charge in [0.15, 0.2) is 0 Å². The number of carbonyl (C=O) groups excluding carboxylic acids is 2. The van der Waals surface area contributed by atoms with E-state index in [0.717, 1.165) is 18.4 Å². The summed E-state index contributed by atoms with van der Waals surface area (Å²) in [6.45, 7) is 3.18. The van der Waals surface area contributed by atoms with Gasteiger partial charge in [0.2, 0.25) is 5.91 Å². The highest BCUT2D eigenvalue weighted by Gasteiger charge is 2.28. The molecule has 2 aromatic carbocycles. The summed E-state index contributed by atoms with van der Waals surface area (Å²) in [5.74, 6) is -0.312. The SMILES string of the molecule is O=C(CN1CCN(c2ccc(C(=O)NC3CC3)cc2[N+](=O)[O-])CC1)NCc1ccccc1. The Morgan fingerprint density at radius 1 is 1.03 bits per heavy atom. The zero-order valence-corrected chi connectivity index (χ0v) is 17.8. The van der Waals surface area contributed by atoms with Crippen LogP contribution in [0.25, 0.3) is 0 Å². The van der Waals surface area contributed by atoms with Gasteiger partial charge < -0.3 is 15.5 Å². The summed E-state index contributed by atoms with van der Waals surface area (Å²) in [5.41, 5.74) is 1.79. The molecule has 0 spiro atoms. The van der Waals surface area contributed by atoms with Crippen molar-refractivity contribution in [3.63, 3.8) is 0 Å². The second kappa shape index (κ2) is 9.78. The van der Waals surface area contributed by atoms with E-state index in [1.165, 1.54) is 6.07 Å². The number of anilines is 1. The largest absolute Gasteiger partial charge is 0.363 e. The minimum absolute atomic E-state index is 0.0423. The van der Waals surface area contributed by atoms with Crippen LogP contribution in [-0.2, 0) is 11.3 Å². The van der Waals surface area contributed by atoms with Gasteiger partial charge in [0, 0.05) is 50.4 Å². The first-order valence-corrected chi connectivity index (χ1v) is 10.9. The maximum atomic E-state index is 12.3. The lowest BCUT2D eigenvalue weighted by Gasteiger charge is -2.35. The topological polar surface area (TPSA) is 108 Å². The number of hydrogen-bond acceptors (Lipinski definition) is 6. The lowest BCUT2D eigenvalue weighted by Crippen LogP contribution is -2.49. The standard InChI is InChI=1S/C23H27N5O4/c29-22(24-15-17-4-2-1-3-5-17)16-26-10-12-27(13-11-26)20-9-6-18(14-21(20)28(31)32)23(30)25-19-7-8-19/h1-6,9,14,19H,7-8,10-13,15-16H2,(H,24,29)(H,25,30). The number of amides is 2. The molecule has 2 fully saturated rings. The molecule has 2 aromatic rings. The molecule has 4 rings (SSSR count). The average molecular weight is 438 g/mol. The van der Waals surface area contributed by atoms with E-state index in [4.69, 9.17) is 0 Å². The number of nitro groups is 1. The average Bonchev–Trinajstić information content (AvgIpc) is 3.62. The van der Waals surface area contributed by atoms with E-state index in [0.29, 0.717) is 50.5 Å². The first kappa shape index (κ1) is 21.8. The van der Waals surface area contributed by atoms with Crippen molar-refractivity contribution in [3.05, 3.63) is 69.8 Å². The van der Waals surface area contributed by atoms with Crippen LogP contribution in [-0.4, -0.2) is 60.4 Å². The quantitative estimate of drug-likeness (QED) is 0.483. The highest BCUT2D eigenvalue weighted by atomic mass is 16.6. The van der Waals surface area contributed by atoms with Crippen LogP contribution < -0.4 is 15.5 Å². The normalized spacial score (nSPS) is 16.4. The lowest BCUT2D eigenvalue weighted by molar-refractivity contribution is -0.384. The maximum Gasteiger partial charge on any atom is 0.293 e. The molecule has 1 saturated carbocycles. The molecular weight excluding hydrogens is 410 g/mol. The molecule has 2 amide bonds. The predicted octanol–water partition coefficient (Wildman–Crippen LogP) is 1.93. The molecule has 1 saturated heterocycles. The molecule has 0 atom stereocenters. The number of nitrogens with zero attached hydrogens (tertiary/aromatic N) is 3. The molecule has 9 heteroatoms. The third kappa shape index (κ3) is 5.61. The van der Waals surface area contributed by atoms with Gasteiger partial charge in [-0.05, 0) is 30.5 Å². The number of piperazine rings is 1. The summed E-state index contributed by atoms with van der Waals surface area (Å²) in [6.07, 6.45) is 1.92. The van der Waals surface area contributed by atoms with E-state index in [1.54, 1.807) is 12.1 Å². The van der Waals surface area contributed by atoms with Crippen LogP contribution in [0, 0.1) is 10.1 Å². The molecule has 0 aromatic heterocycles. The minimum atomic E-state index is -0.438. The Morgan fingerprint density at radius 2 is 1.75 bits per heavy atom. The number of rotatable bonds is 8. The number of nitro benzene ring substituents is 1. The minimum Gasteiger partial charge on any atom is -0.363 e. The van der Waals surface area contributed by atoms with Crippen LogP contribution in [0.4, 0.5) is 11.4 Å². The van der Waals surface area contributed by atoms with Gasteiger partial charge in [0.1, 0.15) is 5.69 Å². The number of nitrogens with one attached hydrogen (secondary N) is 2. The van der Waals surface area contributed by atoms with Crippen LogP contribution in [0.2, 0.25) is 0 Å². The predicted molar refractivity (Wildman–Crippen MR) is 121 cm³/mol. The van der Waals surface area contributed by atoms with Crippen molar-refractivity contribution >= 4 is 23.2 Å². The lowest BCUT2D eigenvalue weighted by atomic mass is 10.1. The number of carbonyl (C=O) groups is 2. The molecule has 2 N–H and O–H groups in total. The molecule has 9 nitrogen and oxygen atoms in total. The Hall–Kier alpha value is -3.46. The van der Waals surface area contributed by atoms with E-state index in [9.17, 15) is 19.7 Å². The van der Waals surface area contributed by atoms with Gasteiger partial charge in [-0.15, -0.1) is 0 Å². The summed E-state index contributed by atoms with van der Waals surface area (Å²) in [5, 5.41) is 17.4. The molecular formula is C23H27N5O4. The molecule has 1 heterocycles. The Bertz CT molecular complexity index is 985. The van der Waals surface area contributed by atoms with Crippen LogP contribution in [0.1, 0.15) is 28.8 Å². The van der Waals surface area contributed by atoms with Crippen LogP contribution in [0.15, 0.2) is 48.5 Å². The molecule has 2 aliphatic rings. The molecule has 0 radical (unpaired) electrons. The van der Waals surface area contributed by atoms with Gasteiger partial charge in [-0.1, -0.05) is 30.3 Å². The Balaban J connectivity index is 1.31. The van der Waals surface area contributed by atoms with E-state index in [2.05, 4.69) is 10.6 Å². The van der Waals surface area contributed by atoms with Crippen molar-refractivity contribution in [1.29, 1.82) is 0 Å². The van der Waals surface area contributed by atoms with Gasteiger partial charge in [-0.3, -0.25) is 24.6 Å². The zero-order valence-electron chi connectivity index (χ0n) is 17.8. The third-order valence-corrected chi connectivity index (χ3v) is 5.76. The summed E-state index contributed by atoms with van der Waals surface area (Å²) in [6, 6.07) is 14.6. The Morgan fingerprint density at radius 3 is 2.41 bits per heavy atom. The molecule has 168 valence electrons. The highest BCUT2D eigenvalue weighted by molar-refractivity contribution is 5.96. The van der Waals surface area contributed by atoms with E-state index >= 15 is 0 Å². The second-order valence-electron chi connectivity index (χ2n) is 8.23. The maximum absolute atomic E-state index is 12.3. The molecule has 0 bridgehead atoms. The van der Waals surface area contributed by atoms with Crippen molar-refractivity contribution in [1.82, 2.24) is 15.5 Å². The van der Waals surface area contributed by atoms with Crippen molar-refractivity contribution in [2.45, 2.75) is 25.4 Å². The Labute approximate surface area is 186 Å². The number of hydrogen-bond donors (Lipinski definition) is 2. The molecule has 1 aliphatic carbocycles. The van der Waals surface area contributed by atoms with Gasteiger partial charge in [0.25, 0.3) is 11.6 Å². The van der Waals surface area contributed by atoms with Gasteiger partial charge in [-0.2, -0.15) is 0 Å². The molecule has 1 aliphatic heterocycles. The van der Waals surface area contributed by atoms with Gasteiger partial charge >= 0.3 is 0 Å². The van der Waals surface area contributed by atoms with E-state index in [1.807, 2.05) is 40.1 Å². The van der Waals surface area contributed by atoms with Crippen molar-refractivity contribution < 1.29 is 14.5 Å². The first-order chi connectivity index (χ1) is 15.5. The molecule has 32 heavy (non-hydrogen) atoms. The summed E-state index contributed by atoms with van der Waals surface area (Å²) >= 11 is 0. The summed E-state index contributed by atoms with van der Waals surface area (Å²) < 4.78 is 0. The van der Waals surface area contributed by atoms with Gasteiger partial charge in [-0.25, -0.2) is 0 Å². The fourth-order valence-electron chi connectivity index (χ4n) is 3.78. The highest BCUT2D eigenvalue weighted by Crippen LogP contribution is 2.30.